The Morgan fingerprint density at radius 1 is 1.05 bits per heavy atom. The second-order valence-corrected chi connectivity index (χ2v) is 9.93. The number of aromatic amines is 1. The van der Waals surface area contributed by atoms with Gasteiger partial charge in [0.05, 0.1) is 6.61 Å². The number of aliphatic hydroxyl groups is 2. The molecule has 0 unspecified atom stereocenters. The van der Waals surface area contributed by atoms with Crippen molar-refractivity contribution in [3.05, 3.63) is 104 Å². The summed E-state index contributed by atoms with van der Waals surface area (Å²) in [6, 6.07) is 16.9. The van der Waals surface area contributed by atoms with E-state index in [1.54, 1.807) is 4.90 Å². The van der Waals surface area contributed by atoms with Crippen molar-refractivity contribution in [2.24, 2.45) is 0 Å². The Morgan fingerprint density at radius 2 is 1.76 bits per heavy atom. The van der Waals surface area contributed by atoms with E-state index < -0.39 is 47.7 Å². The number of carbonyl (C=O) groups is 2. The minimum atomic E-state index is -1.71. The van der Waals surface area contributed by atoms with E-state index in [4.69, 9.17) is 9.47 Å². The molecule has 0 bridgehead atoms. The number of aliphatic hydroxyl groups excluding tert-OH is 2. The molecule has 0 saturated carbocycles. The number of carbonyl (C=O) groups excluding carboxylic acids is 2. The fourth-order valence-electron chi connectivity index (χ4n) is 4.64. The normalized spacial score (nSPS) is 20.9. The van der Waals surface area contributed by atoms with Gasteiger partial charge in [0.15, 0.2) is 12.3 Å². The highest BCUT2D eigenvalue weighted by Gasteiger charge is 2.48. The van der Waals surface area contributed by atoms with Gasteiger partial charge in [0.25, 0.3) is 11.5 Å². The summed E-state index contributed by atoms with van der Waals surface area (Å²) in [5.41, 5.74) is 1.24. The van der Waals surface area contributed by atoms with Crippen LogP contribution in [0.1, 0.15) is 22.9 Å². The summed E-state index contributed by atoms with van der Waals surface area (Å²) in [6.45, 7) is 2.79. The summed E-state index contributed by atoms with van der Waals surface area (Å²) in [7, 11) is 1.53. The van der Waals surface area contributed by atoms with Gasteiger partial charge in [-0.3, -0.25) is 23.9 Å². The van der Waals surface area contributed by atoms with Crippen molar-refractivity contribution in [3.63, 3.8) is 0 Å². The molecule has 12 heteroatoms. The maximum absolute atomic E-state index is 13.9. The smallest absolute Gasteiger partial charge is 0.330 e. The first-order valence-electron chi connectivity index (χ1n) is 13.2. The van der Waals surface area contributed by atoms with E-state index in [0.717, 1.165) is 33.5 Å². The molecule has 0 spiro atoms. The minimum absolute atomic E-state index is 0.150. The zero-order valence-corrected chi connectivity index (χ0v) is 22.8. The Hall–Kier alpha value is -4.10. The van der Waals surface area contributed by atoms with E-state index in [1.165, 1.54) is 7.11 Å². The van der Waals surface area contributed by atoms with Crippen LogP contribution in [-0.4, -0.2) is 81.1 Å². The topological polar surface area (TPSA) is 163 Å². The third kappa shape index (κ3) is 7.35. The average Bonchev–Trinajstić information content (AvgIpc) is 3.25. The molecule has 1 fully saturated rings. The Balaban J connectivity index is 1.57. The van der Waals surface area contributed by atoms with Gasteiger partial charge >= 0.3 is 5.69 Å². The van der Waals surface area contributed by atoms with Crippen LogP contribution in [0.3, 0.4) is 0 Å². The van der Waals surface area contributed by atoms with Crippen molar-refractivity contribution in [2.45, 2.75) is 50.5 Å². The van der Waals surface area contributed by atoms with Crippen LogP contribution in [0.2, 0.25) is 0 Å². The van der Waals surface area contributed by atoms with E-state index in [0.29, 0.717) is 0 Å². The molecule has 5 atom stereocenters. The molecule has 1 aliphatic rings. The molecular formula is C29H34N4O8. The van der Waals surface area contributed by atoms with Gasteiger partial charge in [0.1, 0.15) is 18.2 Å². The third-order valence-corrected chi connectivity index (χ3v) is 6.89. The highest BCUT2D eigenvalue weighted by Crippen LogP contribution is 2.28. The zero-order valence-electron chi connectivity index (χ0n) is 22.8. The predicted octanol–water partition coefficient (Wildman–Crippen LogP) is -0.133. The van der Waals surface area contributed by atoms with Crippen LogP contribution in [0, 0.1) is 6.92 Å². The number of methoxy groups -OCH3 is 1. The lowest BCUT2D eigenvalue weighted by Crippen LogP contribution is -2.54. The molecular weight excluding hydrogens is 532 g/mol. The number of nitrogens with one attached hydrogen (secondary N) is 2. The van der Waals surface area contributed by atoms with E-state index in [2.05, 4.69) is 5.32 Å². The van der Waals surface area contributed by atoms with Crippen LogP contribution in [0.25, 0.3) is 0 Å². The van der Waals surface area contributed by atoms with Crippen LogP contribution in [0.4, 0.5) is 0 Å². The number of nitrogens with zero attached hydrogens (tertiary/aromatic N) is 2. The first kappa shape index (κ1) is 29.9. The zero-order chi connectivity index (χ0) is 29.5. The molecule has 1 aromatic heterocycles. The summed E-state index contributed by atoms with van der Waals surface area (Å²) in [5.74, 6) is -1.21. The Morgan fingerprint density at radius 3 is 2.41 bits per heavy atom. The van der Waals surface area contributed by atoms with Crippen LogP contribution in [0.5, 0.6) is 0 Å². The highest BCUT2D eigenvalue weighted by atomic mass is 16.6. The first-order chi connectivity index (χ1) is 19.7. The van der Waals surface area contributed by atoms with Gasteiger partial charge in [-0.25, -0.2) is 4.79 Å². The lowest BCUT2D eigenvalue weighted by atomic mass is 10.0. The standard InChI is InChI=1S/C29H34N4O8/c1-18-8-10-20(11-9-18)17-32(14-15-40-2)27(38)21(16-19-6-4-3-5-7-19)30-26(37)25-23(35)24(36)28(41-25)33-13-12-22(34)31-29(33)39/h3-13,21,23-25,28,35-36H,14-17H2,1-2H3,(H,30,37)(H,31,34,39)/t21-,23+,24-,25+,28-/m1/s1. The molecule has 2 aromatic carbocycles. The van der Waals surface area contributed by atoms with Gasteiger partial charge in [0.2, 0.25) is 5.91 Å². The number of ether oxygens (including phenoxy) is 2. The lowest BCUT2D eigenvalue weighted by Gasteiger charge is -2.29. The van der Waals surface area contributed by atoms with Crippen molar-refractivity contribution in [2.75, 3.05) is 20.3 Å². The van der Waals surface area contributed by atoms with Crippen molar-refractivity contribution in [1.82, 2.24) is 19.8 Å². The Labute approximate surface area is 236 Å². The second kappa shape index (κ2) is 13.5. The molecule has 4 N–H and O–H groups in total. The number of hydrogen-bond acceptors (Lipinski definition) is 8. The van der Waals surface area contributed by atoms with Gasteiger partial charge in [-0.1, -0.05) is 60.2 Å². The van der Waals surface area contributed by atoms with E-state index >= 15 is 0 Å². The molecule has 0 radical (unpaired) electrons. The number of amides is 2. The van der Waals surface area contributed by atoms with Crippen LogP contribution in [0.15, 0.2) is 76.4 Å². The van der Waals surface area contributed by atoms with Crippen LogP contribution in [-0.2, 0) is 32.0 Å². The molecule has 0 aliphatic carbocycles. The van der Waals surface area contributed by atoms with E-state index in [9.17, 15) is 29.4 Å². The second-order valence-electron chi connectivity index (χ2n) is 9.93. The molecule has 1 aliphatic heterocycles. The molecule has 2 amide bonds. The predicted molar refractivity (Wildman–Crippen MR) is 148 cm³/mol. The minimum Gasteiger partial charge on any atom is -0.387 e. The molecule has 12 nitrogen and oxygen atoms in total. The quantitative estimate of drug-likeness (QED) is 0.249. The van der Waals surface area contributed by atoms with Gasteiger partial charge in [-0.15, -0.1) is 0 Å². The van der Waals surface area contributed by atoms with Gasteiger partial charge < -0.3 is 29.9 Å². The number of hydrogen-bond donors (Lipinski definition) is 4. The lowest BCUT2D eigenvalue weighted by molar-refractivity contribution is -0.144. The van der Waals surface area contributed by atoms with Crippen molar-refractivity contribution < 1.29 is 29.3 Å². The molecule has 3 aromatic rings. The largest absolute Gasteiger partial charge is 0.387 e. The molecule has 41 heavy (non-hydrogen) atoms. The molecule has 4 rings (SSSR count). The summed E-state index contributed by atoms with van der Waals surface area (Å²) in [5, 5.41) is 23.9. The fourth-order valence-corrected chi connectivity index (χ4v) is 4.64. The van der Waals surface area contributed by atoms with Gasteiger partial charge in [-0.05, 0) is 18.1 Å². The Bertz CT molecular complexity index is 1440. The number of aromatic nitrogens is 2. The van der Waals surface area contributed by atoms with Crippen molar-refractivity contribution in [1.29, 1.82) is 0 Å². The molecule has 1 saturated heterocycles. The molecule has 218 valence electrons. The summed E-state index contributed by atoms with van der Waals surface area (Å²) in [4.78, 5) is 54.6. The van der Waals surface area contributed by atoms with Gasteiger partial charge in [-0.2, -0.15) is 0 Å². The van der Waals surface area contributed by atoms with E-state index in [1.807, 2.05) is 66.5 Å². The summed E-state index contributed by atoms with van der Waals surface area (Å²) >= 11 is 0. The molecule has 2 heterocycles. The summed E-state index contributed by atoms with van der Waals surface area (Å²) in [6.07, 6.45) is -5.14. The SMILES string of the molecule is COCCN(Cc1ccc(C)cc1)C(=O)[C@@H](Cc1ccccc1)NC(=O)[C@H]1O[C@@H](n2ccc(=O)[nH]c2=O)[C@H](O)[C@@H]1O. The maximum Gasteiger partial charge on any atom is 0.330 e. The van der Waals surface area contributed by atoms with Crippen molar-refractivity contribution >= 4 is 11.8 Å². The van der Waals surface area contributed by atoms with Crippen LogP contribution >= 0.6 is 0 Å². The Kier molecular flexibility index (Phi) is 9.84. The van der Waals surface area contributed by atoms with Crippen molar-refractivity contribution in [3.8, 4) is 0 Å². The first-order valence-corrected chi connectivity index (χ1v) is 13.2. The summed E-state index contributed by atoms with van der Waals surface area (Å²) < 4.78 is 11.7. The van der Waals surface area contributed by atoms with Gasteiger partial charge in [0, 0.05) is 38.9 Å². The average molecular weight is 567 g/mol. The van der Waals surface area contributed by atoms with E-state index in [-0.39, 0.29) is 32.0 Å². The fraction of sp³-hybridized carbons (Fsp3) is 0.379. The number of benzene rings is 2. The number of H-pyrrole nitrogens is 1. The number of rotatable bonds is 11. The highest BCUT2D eigenvalue weighted by molar-refractivity contribution is 5.90. The third-order valence-electron chi connectivity index (χ3n) is 6.89. The number of aryl methyl sites for hydroxylation is 1. The monoisotopic (exact) mass is 566 g/mol. The van der Waals surface area contributed by atoms with Crippen LogP contribution < -0.4 is 16.6 Å². The maximum atomic E-state index is 13.9.